The molecule has 0 spiro atoms. The minimum absolute atomic E-state index is 0.0537. The molecule has 102 valence electrons. The van der Waals surface area contributed by atoms with E-state index in [1.165, 1.54) is 0 Å². The van der Waals surface area contributed by atoms with Gasteiger partial charge in [0.1, 0.15) is 6.04 Å². The van der Waals surface area contributed by atoms with Gasteiger partial charge in [0.05, 0.1) is 6.42 Å². The van der Waals surface area contributed by atoms with Crippen LogP contribution in [0.3, 0.4) is 0 Å². The first-order valence-electron chi connectivity index (χ1n) is 6.00. The zero-order chi connectivity index (χ0) is 13.5. The second-order valence-corrected chi connectivity index (χ2v) is 4.44. The molecule has 2 amide bonds. The topological polar surface area (TPSA) is 116 Å². The highest BCUT2D eigenvalue weighted by Gasteiger charge is 2.24. The van der Waals surface area contributed by atoms with Crippen molar-refractivity contribution >= 4 is 18.0 Å². The first-order chi connectivity index (χ1) is 8.49. The van der Waals surface area contributed by atoms with E-state index in [-0.39, 0.29) is 6.04 Å². The molecule has 1 fully saturated rings. The Morgan fingerprint density at radius 1 is 1.11 bits per heavy atom. The van der Waals surface area contributed by atoms with Crippen molar-refractivity contribution < 1.29 is 24.6 Å². The molecule has 1 aliphatic rings. The summed E-state index contributed by atoms with van der Waals surface area (Å²) in [5.41, 5.74) is 0. The minimum Gasteiger partial charge on any atom is -0.481 e. The highest BCUT2D eigenvalue weighted by molar-refractivity contribution is 5.86. The van der Waals surface area contributed by atoms with E-state index in [0.29, 0.717) is 0 Å². The van der Waals surface area contributed by atoms with Crippen molar-refractivity contribution in [3.8, 4) is 0 Å². The number of carboxylic acid groups (broad SMARTS) is 2. The van der Waals surface area contributed by atoms with Crippen molar-refractivity contribution in [1.29, 1.82) is 0 Å². The van der Waals surface area contributed by atoms with Crippen LogP contribution in [0.4, 0.5) is 4.79 Å². The van der Waals surface area contributed by atoms with Gasteiger partial charge in [0.2, 0.25) is 0 Å². The molecule has 1 aliphatic carbocycles. The number of nitrogens with one attached hydrogen (secondary N) is 2. The number of urea groups is 1. The van der Waals surface area contributed by atoms with Crippen LogP contribution in [0, 0.1) is 0 Å². The molecule has 0 aromatic rings. The molecule has 7 heteroatoms. The Bertz CT molecular complexity index is 325. The third-order valence-electron chi connectivity index (χ3n) is 2.92. The van der Waals surface area contributed by atoms with Gasteiger partial charge in [-0.3, -0.25) is 4.79 Å². The highest BCUT2D eigenvalue weighted by Crippen LogP contribution is 2.17. The smallest absolute Gasteiger partial charge is 0.326 e. The second-order valence-electron chi connectivity index (χ2n) is 4.44. The number of hydrogen-bond acceptors (Lipinski definition) is 3. The monoisotopic (exact) mass is 258 g/mol. The largest absolute Gasteiger partial charge is 0.481 e. The molecular formula is C11H18N2O5. The number of amides is 2. The van der Waals surface area contributed by atoms with Crippen molar-refractivity contribution in [2.75, 3.05) is 0 Å². The average Bonchev–Trinajstić information content (AvgIpc) is 2.28. The molecule has 1 atom stereocenters. The van der Waals surface area contributed by atoms with E-state index < -0.39 is 30.4 Å². The summed E-state index contributed by atoms with van der Waals surface area (Å²) < 4.78 is 0. The second kappa shape index (κ2) is 6.83. The standard InChI is InChI=1S/C11H18N2O5/c14-9(15)6-8(10(16)17)13-11(18)12-7-4-2-1-3-5-7/h7-8H,1-6H2,(H,14,15)(H,16,17)(H2,12,13,18). The Hall–Kier alpha value is -1.79. The van der Waals surface area contributed by atoms with Gasteiger partial charge in [0.25, 0.3) is 0 Å². The van der Waals surface area contributed by atoms with Gasteiger partial charge in [-0.2, -0.15) is 0 Å². The summed E-state index contributed by atoms with van der Waals surface area (Å²) >= 11 is 0. The van der Waals surface area contributed by atoms with E-state index in [0.717, 1.165) is 32.1 Å². The molecule has 0 aromatic carbocycles. The minimum atomic E-state index is -1.40. The molecule has 18 heavy (non-hydrogen) atoms. The van der Waals surface area contributed by atoms with Gasteiger partial charge >= 0.3 is 18.0 Å². The number of carbonyl (C=O) groups excluding carboxylic acids is 1. The summed E-state index contributed by atoms with van der Waals surface area (Å²) in [6, 6.07) is -1.96. The van der Waals surface area contributed by atoms with Gasteiger partial charge in [0.15, 0.2) is 0 Å². The number of carbonyl (C=O) groups is 3. The molecule has 0 aliphatic heterocycles. The third kappa shape index (κ3) is 5.03. The Morgan fingerprint density at radius 3 is 2.22 bits per heavy atom. The fraction of sp³-hybridized carbons (Fsp3) is 0.727. The maximum Gasteiger partial charge on any atom is 0.326 e. The summed E-state index contributed by atoms with van der Waals surface area (Å²) in [5, 5.41) is 22.1. The van der Waals surface area contributed by atoms with Gasteiger partial charge in [0, 0.05) is 6.04 Å². The first-order valence-corrected chi connectivity index (χ1v) is 6.00. The molecule has 4 N–H and O–H groups in total. The highest BCUT2D eigenvalue weighted by atomic mass is 16.4. The Morgan fingerprint density at radius 2 is 1.72 bits per heavy atom. The molecule has 7 nitrogen and oxygen atoms in total. The van der Waals surface area contributed by atoms with Crippen molar-refractivity contribution in [2.24, 2.45) is 0 Å². The molecule has 0 bridgehead atoms. The van der Waals surface area contributed by atoms with E-state index in [9.17, 15) is 14.4 Å². The van der Waals surface area contributed by atoms with Crippen LogP contribution in [-0.2, 0) is 9.59 Å². The maximum absolute atomic E-state index is 11.5. The van der Waals surface area contributed by atoms with E-state index in [1.807, 2.05) is 0 Å². The van der Waals surface area contributed by atoms with Crippen LogP contribution in [-0.4, -0.2) is 40.3 Å². The molecule has 1 unspecified atom stereocenters. The van der Waals surface area contributed by atoms with Crippen LogP contribution in [0.5, 0.6) is 0 Å². The molecule has 0 heterocycles. The predicted octanol–water partition coefficient (Wildman–Crippen LogP) is 0.546. The first kappa shape index (κ1) is 14.3. The van der Waals surface area contributed by atoms with E-state index in [4.69, 9.17) is 10.2 Å². The third-order valence-corrected chi connectivity index (χ3v) is 2.92. The van der Waals surface area contributed by atoms with E-state index in [2.05, 4.69) is 10.6 Å². The lowest BCUT2D eigenvalue weighted by Crippen LogP contribution is -2.50. The van der Waals surface area contributed by atoms with Crippen LogP contribution in [0.1, 0.15) is 38.5 Å². The number of carboxylic acids is 2. The van der Waals surface area contributed by atoms with Gasteiger partial charge in [-0.15, -0.1) is 0 Å². The zero-order valence-electron chi connectivity index (χ0n) is 10.0. The number of rotatable bonds is 5. The fourth-order valence-corrected chi connectivity index (χ4v) is 2.01. The number of aliphatic carboxylic acids is 2. The van der Waals surface area contributed by atoms with Crippen LogP contribution in [0.25, 0.3) is 0 Å². The van der Waals surface area contributed by atoms with Crippen molar-refractivity contribution in [2.45, 2.75) is 50.6 Å². The average molecular weight is 258 g/mol. The van der Waals surface area contributed by atoms with Gasteiger partial charge in [-0.05, 0) is 12.8 Å². The summed E-state index contributed by atoms with van der Waals surface area (Å²) in [6.45, 7) is 0. The summed E-state index contributed by atoms with van der Waals surface area (Å²) in [6.07, 6.45) is 4.36. The molecular weight excluding hydrogens is 240 g/mol. The van der Waals surface area contributed by atoms with Gasteiger partial charge in [-0.1, -0.05) is 19.3 Å². The van der Waals surface area contributed by atoms with E-state index in [1.54, 1.807) is 0 Å². The van der Waals surface area contributed by atoms with Crippen LogP contribution in [0.15, 0.2) is 0 Å². The van der Waals surface area contributed by atoms with Gasteiger partial charge in [-0.25, -0.2) is 9.59 Å². The maximum atomic E-state index is 11.5. The summed E-state index contributed by atoms with van der Waals surface area (Å²) in [5.74, 6) is -2.61. The van der Waals surface area contributed by atoms with E-state index >= 15 is 0 Å². The molecule has 0 aromatic heterocycles. The normalized spacial score (nSPS) is 17.8. The lowest BCUT2D eigenvalue weighted by Gasteiger charge is -2.23. The summed E-state index contributed by atoms with van der Waals surface area (Å²) in [7, 11) is 0. The fourth-order valence-electron chi connectivity index (χ4n) is 2.01. The molecule has 0 radical (unpaired) electrons. The predicted molar refractivity (Wildman–Crippen MR) is 62.2 cm³/mol. The lowest BCUT2D eigenvalue weighted by molar-refractivity contribution is -0.145. The Balaban J connectivity index is 2.40. The summed E-state index contributed by atoms with van der Waals surface area (Å²) in [4.78, 5) is 32.7. The number of hydrogen-bond donors (Lipinski definition) is 4. The van der Waals surface area contributed by atoms with Gasteiger partial charge < -0.3 is 20.8 Å². The zero-order valence-corrected chi connectivity index (χ0v) is 10.0. The molecule has 1 saturated carbocycles. The van der Waals surface area contributed by atoms with Crippen molar-refractivity contribution in [3.05, 3.63) is 0 Å². The van der Waals surface area contributed by atoms with Crippen LogP contribution < -0.4 is 10.6 Å². The SMILES string of the molecule is O=C(O)CC(NC(=O)NC1CCCCC1)C(=O)O. The van der Waals surface area contributed by atoms with Crippen LogP contribution >= 0.6 is 0 Å². The molecule has 0 saturated heterocycles. The lowest BCUT2D eigenvalue weighted by atomic mass is 9.96. The van der Waals surface area contributed by atoms with Crippen molar-refractivity contribution in [3.63, 3.8) is 0 Å². The van der Waals surface area contributed by atoms with Crippen LogP contribution in [0.2, 0.25) is 0 Å². The van der Waals surface area contributed by atoms with Crippen molar-refractivity contribution in [1.82, 2.24) is 10.6 Å². The quantitative estimate of drug-likeness (QED) is 0.574. The Labute approximate surface area is 105 Å². The molecule has 1 rings (SSSR count). The Kier molecular flexibility index (Phi) is 5.41.